The lowest BCUT2D eigenvalue weighted by Crippen LogP contribution is -2.46. The second-order valence-electron chi connectivity index (χ2n) is 6.33. The summed E-state index contributed by atoms with van der Waals surface area (Å²) < 4.78 is 0. The van der Waals surface area contributed by atoms with Crippen LogP contribution in [0.3, 0.4) is 0 Å². The Morgan fingerprint density at radius 2 is 1.74 bits per heavy atom. The van der Waals surface area contributed by atoms with Crippen LogP contribution in [-0.2, 0) is 9.59 Å². The molecule has 2 unspecified atom stereocenters. The summed E-state index contributed by atoms with van der Waals surface area (Å²) in [5.41, 5.74) is 5.39. The fourth-order valence-electron chi connectivity index (χ4n) is 1.68. The van der Waals surface area contributed by atoms with Gasteiger partial charge in [0.05, 0.1) is 6.54 Å². The van der Waals surface area contributed by atoms with Gasteiger partial charge in [-0.3, -0.25) is 9.59 Å². The standard InChI is InChI=1S/C14H29N3O2/c1-10(7-6-8-11(2)15)13(19)16-9-12(18)17-14(3,4)5/h10-11H,6-9,15H2,1-5H3,(H,16,19)(H,17,18). The third kappa shape index (κ3) is 10.5. The van der Waals surface area contributed by atoms with Crippen molar-refractivity contribution in [1.82, 2.24) is 10.6 Å². The normalized spacial score (nSPS) is 14.6. The molecule has 0 aliphatic carbocycles. The lowest BCUT2D eigenvalue weighted by atomic mass is 10.0. The molecule has 0 aromatic carbocycles. The van der Waals surface area contributed by atoms with Gasteiger partial charge in [-0.25, -0.2) is 0 Å². The molecule has 0 saturated heterocycles. The summed E-state index contributed by atoms with van der Waals surface area (Å²) in [4.78, 5) is 23.3. The number of carbonyl (C=O) groups excluding carboxylic acids is 2. The Hall–Kier alpha value is -1.10. The quantitative estimate of drug-likeness (QED) is 0.650. The maximum absolute atomic E-state index is 11.8. The predicted molar refractivity (Wildman–Crippen MR) is 77.6 cm³/mol. The zero-order valence-electron chi connectivity index (χ0n) is 12.9. The Bertz CT molecular complexity index is 296. The molecule has 0 rings (SSSR count). The summed E-state index contributed by atoms with van der Waals surface area (Å²) in [6.45, 7) is 9.59. The van der Waals surface area contributed by atoms with Crippen molar-refractivity contribution in [3.63, 3.8) is 0 Å². The van der Waals surface area contributed by atoms with Crippen molar-refractivity contribution in [3.05, 3.63) is 0 Å². The summed E-state index contributed by atoms with van der Waals surface area (Å²) in [6.07, 6.45) is 2.65. The summed E-state index contributed by atoms with van der Waals surface area (Å²) in [6, 6.07) is 0.174. The SMILES string of the molecule is CC(N)CCCC(C)C(=O)NCC(=O)NC(C)(C)C. The molecule has 19 heavy (non-hydrogen) atoms. The molecule has 0 bridgehead atoms. The highest BCUT2D eigenvalue weighted by atomic mass is 16.2. The van der Waals surface area contributed by atoms with Crippen LogP contribution >= 0.6 is 0 Å². The van der Waals surface area contributed by atoms with E-state index >= 15 is 0 Å². The van der Waals surface area contributed by atoms with Crippen LogP contribution in [0.25, 0.3) is 0 Å². The molecule has 5 nitrogen and oxygen atoms in total. The zero-order valence-corrected chi connectivity index (χ0v) is 12.9. The van der Waals surface area contributed by atoms with Gasteiger partial charge in [0.15, 0.2) is 0 Å². The van der Waals surface area contributed by atoms with Gasteiger partial charge in [0.25, 0.3) is 0 Å². The molecule has 4 N–H and O–H groups in total. The molecule has 2 atom stereocenters. The monoisotopic (exact) mass is 271 g/mol. The summed E-state index contributed by atoms with van der Waals surface area (Å²) in [7, 11) is 0. The van der Waals surface area contributed by atoms with Gasteiger partial charge in [0.1, 0.15) is 0 Å². The second-order valence-corrected chi connectivity index (χ2v) is 6.33. The van der Waals surface area contributed by atoms with Gasteiger partial charge in [-0.15, -0.1) is 0 Å². The summed E-state index contributed by atoms with van der Waals surface area (Å²) >= 11 is 0. The molecular weight excluding hydrogens is 242 g/mol. The van der Waals surface area contributed by atoms with Gasteiger partial charge < -0.3 is 16.4 Å². The van der Waals surface area contributed by atoms with Crippen molar-refractivity contribution in [1.29, 1.82) is 0 Å². The van der Waals surface area contributed by atoms with E-state index in [1.54, 1.807) is 0 Å². The number of nitrogens with two attached hydrogens (primary N) is 1. The van der Waals surface area contributed by atoms with Crippen molar-refractivity contribution in [2.24, 2.45) is 11.7 Å². The van der Waals surface area contributed by atoms with Gasteiger partial charge in [0.2, 0.25) is 11.8 Å². The number of rotatable bonds is 7. The van der Waals surface area contributed by atoms with Crippen LogP contribution in [0.15, 0.2) is 0 Å². The van der Waals surface area contributed by atoms with Crippen molar-refractivity contribution in [3.8, 4) is 0 Å². The first kappa shape index (κ1) is 17.9. The highest BCUT2D eigenvalue weighted by molar-refractivity contribution is 5.85. The molecule has 0 aromatic rings. The van der Waals surface area contributed by atoms with Crippen LogP contribution in [0.4, 0.5) is 0 Å². The number of carbonyl (C=O) groups is 2. The Balaban J connectivity index is 3.87. The molecule has 0 aromatic heterocycles. The van der Waals surface area contributed by atoms with E-state index in [2.05, 4.69) is 10.6 Å². The molecule has 2 amide bonds. The minimum Gasteiger partial charge on any atom is -0.350 e. The van der Waals surface area contributed by atoms with E-state index in [-0.39, 0.29) is 35.9 Å². The van der Waals surface area contributed by atoms with Gasteiger partial charge in [-0.05, 0) is 40.5 Å². The van der Waals surface area contributed by atoms with E-state index in [0.29, 0.717) is 0 Å². The smallest absolute Gasteiger partial charge is 0.239 e. The fourth-order valence-corrected chi connectivity index (χ4v) is 1.68. The molecule has 0 aliphatic heterocycles. The van der Waals surface area contributed by atoms with Crippen molar-refractivity contribution >= 4 is 11.8 Å². The second kappa shape index (κ2) is 8.15. The molecular formula is C14H29N3O2. The van der Waals surface area contributed by atoms with Crippen LogP contribution in [-0.4, -0.2) is 29.9 Å². The summed E-state index contributed by atoms with van der Waals surface area (Å²) in [5.74, 6) is -0.321. The third-order valence-electron chi connectivity index (χ3n) is 2.68. The third-order valence-corrected chi connectivity index (χ3v) is 2.68. The van der Waals surface area contributed by atoms with Crippen LogP contribution in [0.2, 0.25) is 0 Å². The molecule has 0 heterocycles. The molecule has 5 heteroatoms. The lowest BCUT2D eigenvalue weighted by molar-refractivity contribution is -0.128. The Kier molecular flexibility index (Phi) is 7.68. The average Bonchev–Trinajstić information content (AvgIpc) is 2.22. The highest BCUT2D eigenvalue weighted by Gasteiger charge is 2.16. The Morgan fingerprint density at radius 1 is 1.16 bits per heavy atom. The lowest BCUT2D eigenvalue weighted by Gasteiger charge is -2.21. The van der Waals surface area contributed by atoms with E-state index in [4.69, 9.17) is 5.73 Å². The number of nitrogens with one attached hydrogen (secondary N) is 2. The molecule has 0 spiro atoms. The van der Waals surface area contributed by atoms with Crippen LogP contribution < -0.4 is 16.4 Å². The average molecular weight is 271 g/mol. The topological polar surface area (TPSA) is 84.2 Å². The van der Waals surface area contributed by atoms with E-state index in [9.17, 15) is 9.59 Å². The van der Waals surface area contributed by atoms with Gasteiger partial charge in [-0.1, -0.05) is 13.3 Å². The highest BCUT2D eigenvalue weighted by Crippen LogP contribution is 2.08. The first-order chi connectivity index (χ1) is 8.61. The molecule has 0 radical (unpaired) electrons. The molecule has 0 saturated carbocycles. The minimum absolute atomic E-state index is 0.0355. The van der Waals surface area contributed by atoms with E-state index in [1.807, 2.05) is 34.6 Å². The van der Waals surface area contributed by atoms with Gasteiger partial charge in [0, 0.05) is 17.5 Å². The fraction of sp³-hybridized carbons (Fsp3) is 0.857. The van der Waals surface area contributed by atoms with Crippen molar-refractivity contribution < 1.29 is 9.59 Å². The van der Waals surface area contributed by atoms with Crippen molar-refractivity contribution in [2.45, 2.75) is 65.5 Å². The minimum atomic E-state index is -0.273. The largest absolute Gasteiger partial charge is 0.350 e. The molecule has 0 aliphatic rings. The first-order valence-corrected chi connectivity index (χ1v) is 6.96. The summed E-state index contributed by atoms with van der Waals surface area (Å²) in [5, 5.41) is 5.46. The maximum atomic E-state index is 11.8. The zero-order chi connectivity index (χ0) is 15.1. The molecule has 0 fully saturated rings. The first-order valence-electron chi connectivity index (χ1n) is 6.96. The van der Waals surface area contributed by atoms with E-state index in [1.165, 1.54) is 0 Å². The maximum Gasteiger partial charge on any atom is 0.239 e. The number of amides is 2. The van der Waals surface area contributed by atoms with Crippen LogP contribution in [0.1, 0.15) is 53.9 Å². The number of hydrogen-bond donors (Lipinski definition) is 3. The predicted octanol–water partition coefficient (Wildman–Crippen LogP) is 1.17. The Morgan fingerprint density at radius 3 is 2.21 bits per heavy atom. The Labute approximate surface area is 116 Å². The van der Waals surface area contributed by atoms with Crippen molar-refractivity contribution in [2.75, 3.05) is 6.54 Å². The van der Waals surface area contributed by atoms with Crippen LogP contribution in [0.5, 0.6) is 0 Å². The van der Waals surface area contributed by atoms with Gasteiger partial charge >= 0.3 is 0 Å². The van der Waals surface area contributed by atoms with E-state index in [0.717, 1.165) is 19.3 Å². The molecule has 112 valence electrons. The van der Waals surface area contributed by atoms with E-state index < -0.39 is 0 Å². The van der Waals surface area contributed by atoms with Gasteiger partial charge in [-0.2, -0.15) is 0 Å². The van der Waals surface area contributed by atoms with Crippen LogP contribution in [0, 0.1) is 5.92 Å². The number of hydrogen-bond acceptors (Lipinski definition) is 3.